The van der Waals surface area contributed by atoms with E-state index < -0.39 is 0 Å². The van der Waals surface area contributed by atoms with Gasteiger partial charge in [-0.1, -0.05) is 48.9 Å². The Balaban J connectivity index is 1.98. The molecule has 0 saturated heterocycles. The van der Waals surface area contributed by atoms with Crippen LogP contribution in [0.3, 0.4) is 0 Å². The minimum Gasteiger partial charge on any atom is -0.496 e. The fourth-order valence-corrected chi connectivity index (χ4v) is 3.07. The second-order valence-corrected chi connectivity index (χ2v) is 6.75. The van der Waals surface area contributed by atoms with Crippen molar-refractivity contribution in [3.05, 3.63) is 58.7 Å². The van der Waals surface area contributed by atoms with E-state index in [1.54, 1.807) is 18.9 Å². The summed E-state index contributed by atoms with van der Waals surface area (Å²) in [5.74, 6) is 1.83. The molecule has 5 nitrogen and oxygen atoms in total. The molecule has 0 saturated carbocycles. The van der Waals surface area contributed by atoms with Crippen LogP contribution in [0.5, 0.6) is 11.5 Å². The number of hydrogen-bond acceptors (Lipinski definition) is 4. The van der Waals surface area contributed by atoms with Gasteiger partial charge < -0.3 is 9.47 Å². The molecule has 0 radical (unpaired) electrons. The zero-order valence-electron chi connectivity index (χ0n) is 15.4. The van der Waals surface area contributed by atoms with E-state index in [2.05, 4.69) is 30.2 Å². The van der Waals surface area contributed by atoms with Gasteiger partial charge in [0.2, 0.25) is 0 Å². The lowest BCUT2D eigenvalue weighted by Gasteiger charge is -2.16. The van der Waals surface area contributed by atoms with Gasteiger partial charge in [-0.3, -0.25) is 0 Å². The highest BCUT2D eigenvalue weighted by molar-refractivity contribution is 6.31. The van der Waals surface area contributed by atoms with Crippen molar-refractivity contribution in [3.63, 3.8) is 0 Å². The first-order valence-corrected chi connectivity index (χ1v) is 8.81. The van der Waals surface area contributed by atoms with Gasteiger partial charge in [0.15, 0.2) is 0 Å². The number of methoxy groups -OCH3 is 2. The summed E-state index contributed by atoms with van der Waals surface area (Å²) in [5.41, 5.74) is 3.74. The quantitative estimate of drug-likeness (QED) is 0.625. The van der Waals surface area contributed by atoms with E-state index in [9.17, 15) is 0 Å². The molecule has 0 unspecified atom stereocenters. The maximum absolute atomic E-state index is 6.24. The summed E-state index contributed by atoms with van der Waals surface area (Å²) in [6.07, 6.45) is 1.90. The fraction of sp³-hybridized carbons (Fsp3) is 0.300. The number of rotatable bonds is 6. The summed E-state index contributed by atoms with van der Waals surface area (Å²) < 4.78 is 12.8. The van der Waals surface area contributed by atoms with Crippen molar-refractivity contribution in [1.82, 2.24) is 15.0 Å². The number of hydrogen-bond donors (Lipinski definition) is 0. The first-order chi connectivity index (χ1) is 12.5. The molecule has 0 spiro atoms. The molecule has 0 bridgehead atoms. The zero-order valence-corrected chi connectivity index (χ0v) is 16.1. The van der Waals surface area contributed by atoms with Crippen molar-refractivity contribution in [3.8, 4) is 22.8 Å². The number of nitrogens with zero attached hydrogens (tertiary/aromatic N) is 3. The van der Waals surface area contributed by atoms with E-state index in [1.165, 1.54) is 0 Å². The fourth-order valence-electron chi connectivity index (χ4n) is 2.88. The highest BCUT2D eigenvalue weighted by Gasteiger charge is 2.17. The van der Waals surface area contributed by atoms with Gasteiger partial charge in [-0.25, -0.2) is 4.68 Å². The highest BCUT2D eigenvalue weighted by Crippen LogP contribution is 2.38. The molecule has 136 valence electrons. The maximum Gasteiger partial charge on any atom is 0.132 e. The second kappa shape index (κ2) is 7.79. The number of benzene rings is 2. The van der Waals surface area contributed by atoms with Gasteiger partial charge in [0, 0.05) is 16.7 Å². The van der Waals surface area contributed by atoms with Crippen molar-refractivity contribution < 1.29 is 9.47 Å². The Morgan fingerprint density at radius 2 is 1.81 bits per heavy atom. The van der Waals surface area contributed by atoms with E-state index in [0.29, 0.717) is 23.2 Å². The molecule has 2 aromatic carbocycles. The molecular weight excluding hydrogens is 350 g/mol. The number of ether oxygens (including phenoxy) is 2. The zero-order chi connectivity index (χ0) is 18.7. The van der Waals surface area contributed by atoms with Gasteiger partial charge >= 0.3 is 0 Å². The van der Waals surface area contributed by atoms with Gasteiger partial charge in [-0.2, -0.15) is 0 Å². The van der Waals surface area contributed by atoms with Crippen LogP contribution < -0.4 is 9.47 Å². The normalized spacial score (nSPS) is 11.0. The monoisotopic (exact) mass is 371 g/mol. The van der Waals surface area contributed by atoms with Gasteiger partial charge in [0.25, 0.3) is 0 Å². The lowest BCUT2D eigenvalue weighted by atomic mass is 9.97. The predicted octanol–water partition coefficient (Wildman–Crippen LogP) is 4.79. The van der Waals surface area contributed by atoms with Gasteiger partial charge in [0.05, 0.1) is 27.0 Å². The van der Waals surface area contributed by atoms with E-state index in [4.69, 9.17) is 21.1 Å². The van der Waals surface area contributed by atoms with E-state index in [0.717, 1.165) is 28.1 Å². The van der Waals surface area contributed by atoms with E-state index in [1.807, 2.05) is 36.5 Å². The molecule has 0 fully saturated rings. The predicted molar refractivity (Wildman–Crippen MR) is 103 cm³/mol. The van der Waals surface area contributed by atoms with Crippen LogP contribution in [0.1, 0.15) is 30.9 Å². The summed E-state index contributed by atoms with van der Waals surface area (Å²) in [6, 6.07) is 11.7. The third-order valence-electron chi connectivity index (χ3n) is 4.28. The Morgan fingerprint density at radius 1 is 1.08 bits per heavy atom. The molecule has 3 rings (SSSR count). The minimum absolute atomic E-state index is 0.313. The first-order valence-electron chi connectivity index (χ1n) is 8.43. The molecule has 0 aliphatic heterocycles. The van der Waals surface area contributed by atoms with Crippen LogP contribution in [-0.4, -0.2) is 29.2 Å². The molecule has 0 aliphatic carbocycles. The van der Waals surface area contributed by atoms with Gasteiger partial charge in [-0.15, -0.1) is 5.10 Å². The topological polar surface area (TPSA) is 49.2 Å². The Morgan fingerprint density at radius 3 is 2.46 bits per heavy atom. The van der Waals surface area contributed by atoms with Crippen molar-refractivity contribution in [1.29, 1.82) is 0 Å². The third-order valence-corrected chi connectivity index (χ3v) is 4.65. The van der Waals surface area contributed by atoms with Crippen LogP contribution in [0.15, 0.2) is 42.6 Å². The molecule has 0 aliphatic rings. The minimum atomic E-state index is 0.313. The average molecular weight is 372 g/mol. The molecule has 0 N–H and O–H groups in total. The Hall–Kier alpha value is -2.53. The molecular formula is C20H22ClN3O2. The van der Waals surface area contributed by atoms with Crippen LogP contribution in [-0.2, 0) is 6.54 Å². The molecule has 3 aromatic rings. The lowest BCUT2D eigenvalue weighted by molar-refractivity contribution is 0.390. The third kappa shape index (κ3) is 3.68. The van der Waals surface area contributed by atoms with Crippen LogP contribution in [0, 0.1) is 0 Å². The summed E-state index contributed by atoms with van der Waals surface area (Å²) in [5, 5.41) is 9.28. The summed E-state index contributed by atoms with van der Waals surface area (Å²) in [7, 11) is 3.31. The Bertz CT molecular complexity index is 906. The molecule has 0 amide bonds. The summed E-state index contributed by atoms with van der Waals surface area (Å²) >= 11 is 6.24. The van der Waals surface area contributed by atoms with Gasteiger partial charge in [0.1, 0.15) is 17.2 Å². The maximum atomic E-state index is 6.24. The van der Waals surface area contributed by atoms with Crippen LogP contribution in [0.4, 0.5) is 0 Å². The standard InChI is InChI=1S/C20H22ClN3O2/c1-13(2)15-9-16(20(26-4)10-19(15)25-3)18-12-24(23-22-18)11-14-7-5-6-8-17(14)21/h5-10,12-13H,11H2,1-4H3. The van der Waals surface area contributed by atoms with Crippen molar-refractivity contribution >= 4 is 11.6 Å². The molecule has 1 heterocycles. The van der Waals surface area contributed by atoms with Gasteiger partial charge in [-0.05, 0) is 29.2 Å². The Labute approximate surface area is 158 Å². The Kier molecular flexibility index (Phi) is 5.47. The van der Waals surface area contributed by atoms with E-state index >= 15 is 0 Å². The largest absolute Gasteiger partial charge is 0.496 e. The van der Waals surface area contributed by atoms with Crippen LogP contribution >= 0.6 is 11.6 Å². The summed E-state index contributed by atoms with van der Waals surface area (Å²) in [6.45, 7) is 4.81. The molecule has 6 heteroatoms. The molecule has 1 aromatic heterocycles. The lowest BCUT2D eigenvalue weighted by Crippen LogP contribution is -2.00. The number of aromatic nitrogens is 3. The van der Waals surface area contributed by atoms with Crippen molar-refractivity contribution in [2.24, 2.45) is 0 Å². The van der Waals surface area contributed by atoms with E-state index in [-0.39, 0.29) is 0 Å². The summed E-state index contributed by atoms with van der Waals surface area (Å²) in [4.78, 5) is 0. The smallest absolute Gasteiger partial charge is 0.132 e. The van der Waals surface area contributed by atoms with Crippen LogP contribution in [0.2, 0.25) is 5.02 Å². The number of halogens is 1. The van der Waals surface area contributed by atoms with Crippen LogP contribution in [0.25, 0.3) is 11.3 Å². The SMILES string of the molecule is COc1cc(OC)c(C(C)C)cc1-c1cn(Cc2ccccc2Cl)nn1. The molecule has 26 heavy (non-hydrogen) atoms. The first kappa shape index (κ1) is 18.3. The highest BCUT2D eigenvalue weighted by atomic mass is 35.5. The van der Waals surface area contributed by atoms with Crippen molar-refractivity contribution in [2.45, 2.75) is 26.3 Å². The average Bonchev–Trinajstić information content (AvgIpc) is 3.10. The molecule has 0 atom stereocenters. The second-order valence-electron chi connectivity index (χ2n) is 6.34. The van der Waals surface area contributed by atoms with Crippen molar-refractivity contribution in [2.75, 3.05) is 14.2 Å².